The molecular weight excluding hydrogens is 539 g/mol. The Morgan fingerprint density at radius 1 is 1.16 bits per heavy atom. The molecule has 4 rings (SSSR count). The Hall–Kier alpha value is -3.87. The lowest BCUT2D eigenvalue weighted by molar-refractivity contribution is -0.274. The average Bonchev–Trinajstić information content (AvgIpc) is 3.38. The number of fused-ring (bicyclic) bond motifs is 1. The number of likely N-dealkylation sites (tertiary alicyclic amines) is 1. The van der Waals surface area contributed by atoms with Crippen LogP contribution in [0.4, 0.5) is 22.0 Å². The Morgan fingerprint density at radius 3 is 2.55 bits per heavy atom. The first-order valence-electron chi connectivity index (χ1n) is 11.2. The fraction of sp³-hybridized carbons (Fsp3) is 0.292. The van der Waals surface area contributed by atoms with Crippen LogP contribution in [0.25, 0.3) is 10.9 Å². The zero-order valence-electron chi connectivity index (χ0n) is 19.4. The molecule has 2 N–H and O–H groups in total. The lowest BCUT2D eigenvalue weighted by Crippen LogP contribution is -2.46. The number of hydrogen-bond donors (Lipinski definition) is 1. The predicted molar refractivity (Wildman–Crippen MR) is 125 cm³/mol. The molecule has 2 aromatic carbocycles. The summed E-state index contributed by atoms with van der Waals surface area (Å²) in [6.45, 7) is -1.58. The number of nitrogens with zero attached hydrogens (tertiary/aromatic N) is 3. The number of ether oxygens (including phenoxy) is 1. The molecule has 1 aliphatic rings. The third-order valence-corrected chi connectivity index (χ3v) is 6.20. The minimum Gasteiger partial charge on any atom is -0.406 e. The lowest BCUT2D eigenvalue weighted by Gasteiger charge is -2.26. The third-order valence-electron chi connectivity index (χ3n) is 5.96. The van der Waals surface area contributed by atoms with Gasteiger partial charge in [-0.2, -0.15) is 5.12 Å². The molecule has 0 spiro atoms. The van der Waals surface area contributed by atoms with Gasteiger partial charge in [-0.05, 0) is 29.8 Å². The van der Waals surface area contributed by atoms with Crippen LogP contribution in [0.3, 0.4) is 0 Å². The van der Waals surface area contributed by atoms with Crippen LogP contribution in [0.15, 0.2) is 48.7 Å². The van der Waals surface area contributed by atoms with Crippen molar-refractivity contribution in [3.8, 4) is 5.75 Å². The zero-order chi connectivity index (χ0) is 27.8. The van der Waals surface area contributed by atoms with Crippen molar-refractivity contribution in [2.75, 3.05) is 6.54 Å². The van der Waals surface area contributed by atoms with Gasteiger partial charge in [-0.1, -0.05) is 28.2 Å². The number of hydrogen-bond acceptors (Lipinski definition) is 4. The van der Waals surface area contributed by atoms with Gasteiger partial charge in [0, 0.05) is 29.1 Å². The van der Waals surface area contributed by atoms with Crippen LogP contribution in [0, 0.1) is 0 Å². The first kappa shape index (κ1) is 27.2. The number of rotatable bonds is 7. The number of aromatic nitrogens is 1. The topological polar surface area (TPSA) is 97.9 Å². The van der Waals surface area contributed by atoms with E-state index in [9.17, 15) is 36.4 Å². The molecule has 2 atom stereocenters. The monoisotopic (exact) mass is 558 g/mol. The van der Waals surface area contributed by atoms with Crippen molar-refractivity contribution in [3.63, 3.8) is 0 Å². The highest BCUT2D eigenvalue weighted by Gasteiger charge is 2.42. The molecule has 3 amide bonds. The van der Waals surface area contributed by atoms with Crippen LogP contribution < -0.4 is 10.5 Å². The van der Waals surface area contributed by atoms with Crippen LogP contribution in [0.5, 0.6) is 5.75 Å². The van der Waals surface area contributed by atoms with E-state index >= 15 is 0 Å². The van der Waals surface area contributed by atoms with Gasteiger partial charge in [0.05, 0.1) is 24.2 Å². The number of halogens is 6. The van der Waals surface area contributed by atoms with E-state index in [1.165, 1.54) is 18.2 Å². The molecule has 0 unspecified atom stereocenters. The van der Waals surface area contributed by atoms with E-state index in [-0.39, 0.29) is 21.6 Å². The molecule has 0 aliphatic carbocycles. The number of primary amides is 1. The maximum absolute atomic E-state index is 14.8. The SMILES string of the molecule is NC(=O)c1cn(CC(=O)N2C[C@H](F)C[C@H]2C(=O)N(F)Cc2cccc(Cl)c2)c2cc(OC(F)(F)F)ccc12. The molecule has 1 fully saturated rings. The van der Waals surface area contributed by atoms with Crippen molar-refractivity contribution in [1.29, 1.82) is 0 Å². The second-order valence-electron chi connectivity index (χ2n) is 8.64. The van der Waals surface area contributed by atoms with Crippen LogP contribution >= 0.6 is 11.6 Å². The van der Waals surface area contributed by atoms with E-state index in [0.717, 1.165) is 27.8 Å². The second kappa shape index (κ2) is 10.5. The highest BCUT2D eigenvalue weighted by molar-refractivity contribution is 6.30. The molecule has 202 valence electrons. The molecule has 0 radical (unpaired) electrons. The fourth-order valence-electron chi connectivity index (χ4n) is 4.36. The number of carbonyl (C=O) groups is 3. The molecule has 0 saturated carbocycles. The lowest BCUT2D eigenvalue weighted by atomic mass is 10.1. The summed E-state index contributed by atoms with van der Waals surface area (Å²) in [7, 11) is 0. The van der Waals surface area contributed by atoms with Gasteiger partial charge in [-0.3, -0.25) is 14.4 Å². The Kier molecular flexibility index (Phi) is 7.49. The molecule has 8 nitrogen and oxygen atoms in total. The summed E-state index contributed by atoms with van der Waals surface area (Å²) >= 11 is 5.88. The van der Waals surface area contributed by atoms with E-state index in [0.29, 0.717) is 10.6 Å². The highest BCUT2D eigenvalue weighted by Crippen LogP contribution is 2.30. The summed E-state index contributed by atoms with van der Waals surface area (Å²) in [5.74, 6) is -3.48. The van der Waals surface area contributed by atoms with E-state index < -0.39 is 68.1 Å². The minimum atomic E-state index is -4.99. The number of amides is 3. The van der Waals surface area contributed by atoms with Crippen molar-refractivity contribution in [2.45, 2.75) is 38.1 Å². The number of carbonyl (C=O) groups excluding carboxylic acids is 3. The van der Waals surface area contributed by atoms with Crippen LogP contribution in [0.1, 0.15) is 22.3 Å². The largest absolute Gasteiger partial charge is 0.573 e. The normalized spacial score (nSPS) is 17.6. The quantitative estimate of drug-likeness (QED) is 0.348. The Morgan fingerprint density at radius 2 is 1.89 bits per heavy atom. The predicted octanol–water partition coefficient (Wildman–Crippen LogP) is 4.14. The molecule has 2 heterocycles. The third kappa shape index (κ3) is 5.98. The van der Waals surface area contributed by atoms with Gasteiger partial charge in [0.2, 0.25) is 5.91 Å². The highest BCUT2D eigenvalue weighted by atomic mass is 35.5. The summed E-state index contributed by atoms with van der Waals surface area (Å²) in [6.07, 6.45) is -5.89. The Balaban J connectivity index is 1.57. The van der Waals surface area contributed by atoms with Gasteiger partial charge in [0.1, 0.15) is 24.5 Å². The Labute approximate surface area is 217 Å². The summed E-state index contributed by atoms with van der Waals surface area (Å²) in [6, 6.07) is 7.76. The summed E-state index contributed by atoms with van der Waals surface area (Å²) in [4.78, 5) is 38.7. The van der Waals surface area contributed by atoms with Crippen molar-refractivity contribution < 1.29 is 41.2 Å². The van der Waals surface area contributed by atoms with E-state index in [4.69, 9.17) is 17.3 Å². The minimum absolute atomic E-state index is 0.000784. The van der Waals surface area contributed by atoms with Crippen molar-refractivity contribution in [2.24, 2.45) is 5.73 Å². The Bertz CT molecular complexity index is 1400. The maximum Gasteiger partial charge on any atom is 0.573 e. The van der Waals surface area contributed by atoms with Gasteiger partial charge < -0.3 is 19.9 Å². The second-order valence-corrected chi connectivity index (χ2v) is 9.08. The standard InChI is InChI=1S/C24H20ClF5N4O4/c25-14-3-1-2-13(6-14)9-34(30)23(37)20-7-15(26)10-33(20)21(35)12-32-11-18(22(31)36)17-5-4-16(8-19(17)32)38-24(27,28)29/h1-6,8,11,15,20H,7,9-10,12H2,(H2,31,36)/t15-,20+/m1/s1. The molecule has 1 aromatic heterocycles. The van der Waals surface area contributed by atoms with Gasteiger partial charge in [-0.15, -0.1) is 13.2 Å². The van der Waals surface area contributed by atoms with Gasteiger partial charge in [0.25, 0.3) is 11.8 Å². The summed E-state index contributed by atoms with van der Waals surface area (Å²) in [5, 5.41) is 0.336. The van der Waals surface area contributed by atoms with E-state index in [1.807, 2.05) is 0 Å². The van der Waals surface area contributed by atoms with E-state index in [2.05, 4.69) is 4.74 Å². The molecule has 1 saturated heterocycles. The van der Waals surface area contributed by atoms with Crippen molar-refractivity contribution >= 4 is 40.2 Å². The van der Waals surface area contributed by atoms with Gasteiger partial charge in [-0.25, -0.2) is 4.39 Å². The van der Waals surface area contributed by atoms with Gasteiger partial charge >= 0.3 is 6.36 Å². The first-order chi connectivity index (χ1) is 17.8. The van der Waals surface area contributed by atoms with Crippen LogP contribution in [0.2, 0.25) is 5.02 Å². The maximum atomic E-state index is 14.8. The van der Waals surface area contributed by atoms with Crippen molar-refractivity contribution in [1.82, 2.24) is 14.6 Å². The number of benzene rings is 2. The van der Waals surface area contributed by atoms with Crippen LogP contribution in [-0.2, 0) is 22.7 Å². The van der Waals surface area contributed by atoms with E-state index in [1.54, 1.807) is 12.1 Å². The first-order valence-corrected chi connectivity index (χ1v) is 11.5. The smallest absolute Gasteiger partial charge is 0.406 e. The number of nitrogens with two attached hydrogens (primary N) is 1. The molecule has 0 bridgehead atoms. The zero-order valence-corrected chi connectivity index (χ0v) is 20.2. The average molecular weight is 559 g/mol. The molecule has 38 heavy (non-hydrogen) atoms. The summed E-state index contributed by atoms with van der Waals surface area (Å²) < 4.78 is 72.2. The molecule has 3 aromatic rings. The molecule has 14 heteroatoms. The van der Waals surface area contributed by atoms with Gasteiger partial charge in [0.15, 0.2) is 0 Å². The molecule has 1 aliphatic heterocycles. The fourth-order valence-corrected chi connectivity index (χ4v) is 4.58. The van der Waals surface area contributed by atoms with Crippen LogP contribution in [-0.4, -0.2) is 57.4 Å². The number of alkyl halides is 4. The van der Waals surface area contributed by atoms with Crippen molar-refractivity contribution in [3.05, 3.63) is 64.8 Å². The summed E-state index contributed by atoms with van der Waals surface area (Å²) in [5.41, 5.74) is 5.65. The molecular formula is C24H20ClF5N4O4.